The molecule has 2 amide bonds. The largest absolute Gasteiger partial charge is 0.377 e. The standard InChI is InChI=1S/C15H29FN2O5/c1-4-21-11-14(19)17-5-6-22-7-8-23-10-13(16)9-18-15(20)12(2)3/h12-13H,4-11H2,1-3H3,(H,17,19)(H,18,20). The van der Waals surface area contributed by atoms with Gasteiger partial charge in [-0.05, 0) is 6.92 Å². The summed E-state index contributed by atoms with van der Waals surface area (Å²) >= 11 is 0. The predicted octanol–water partition coefficient (Wildman–Crippen LogP) is 0.283. The van der Waals surface area contributed by atoms with E-state index in [-0.39, 0.29) is 44.1 Å². The molecule has 2 N–H and O–H groups in total. The molecule has 1 unspecified atom stereocenters. The van der Waals surface area contributed by atoms with Gasteiger partial charge in [-0.15, -0.1) is 0 Å². The number of alkyl halides is 1. The van der Waals surface area contributed by atoms with Crippen LogP contribution in [0.4, 0.5) is 4.39 Å². The Balaban J connectivity index is 3.35. The van der Waals surface area contributed by atoms with E-state index in [1.165, 1.54) is 0 Å². The van der Waals surface area contributed by atoms with Gasteiger partial charge in [0.05, 0.1) is 33.0 Å². The second kappa shape index (κ2) is 14.3. The molecule has 0 rings (SSSR count). The topological polar surface area (TPSA) is 85.9 Å². The van der Waals surface area contributed by atoms with Crippen molar-refractivity contribution >= 4 is 11.8 Å². The molecule has 0 aromatic carbocycles. The van der Waals surface area contributed by atoms with Gasteiger partial charge >= 0.3 is 0 Å². The fraction of sp³-hybridized carbons (Fsp3) is 0.867. The van der Waals surface area contributed by atoms with Crippen molar-refractivity contribution in [3.63, 3.8) is 0 Å². The normalized spacial score (nSPS) is 12.2. The van der Waals surface area contributed by atoms with Crippen molar-refractivity contribution in [1.29, 1.82) is 0 Å². The number of carbonyl (C=O) groups is 2. The van der Waals surface area contributed by atoms with Crippen molar-refractivity contribution in [2.45, 2.75) is 26.9 Å². The molecule has 8 heteroatoms. The van der Waals surface area contributed by atoms with Crippen LogP contribution in [0.1, 0.15) is 20.8 Å². The molecule has 0 fully saturated rings. The van der Waals surface area contributed by atoms with E-state index in [0.29, 0.717) is 26.4 Å². The van der Waals surface area contributed by atoms with Crippen LogP contribution < -0.4 is 10.6 Å². The van der Waals surface area contributed by atoms with Crippen molar-refractivity contribution in [3.05, 3.63) is 0 Å². The van der Waals surface area contributed by atoms with Gasteiger partial charge in [0.1, 0.15) is 12.8 Å². The molecule has 23 heavy (non-hydrogen) atoms. The van der Waals surface area contributed by atoms with Gasteiger partial charge in [0.2, 0.25) is 11.8 Å². The van der Waals surface area contributed by atoms with E-state index in [1.54, 1.807) is 13.8 Å². The van der Waals surface area contributed by atoms with Gasteiger partial charge < -0.3 is 24.8 Å². The Labute approximate surface area is 137 Å². The zero-order chi connectivity index (χ0) is 17.5. The summed E-state index contributed by atoms with van der Waals surface area (Å²) in [4.78, 5) is 22.4. The molecule has 136 valence electrons. The fourth-order valence-electron chi connectivity index (χ4n) is 1.41. The molecule has 7 nitrogen and oxygen atoms in total. The quantitative estimate of drug-likeness (QED) is 0.445. The van der Waals surface area contributed by atoms with Crippen molar-refractivity contribution in [2.24, 2.45) is 5.92 Å². The Kier molecular flexibility index (Phi) is 13.6. The summed E-state index contributed by atoms with van der Waals surface area (Å²) in [7, 11) is 0. The number of halogens is 1. The minimum absolute atomic E-state index is 0.0465. The molecule has 0 saturated heterocycles. The first-order chi connectivity index (χ1) is 11.0. The van der Waals surface area contributed by atoms with Gasteiger partial charge in [0, 0.05) is 19.1 Å². The number of ether oxygens (including phenoxy) is 3. The van der Waals surface area contributed by atoms with E-state index >= 15 is 0 Å². The third-order valence-corrected chi connectivity index (χ3v) is 2.70. The van der Waals surface area contributed by atoms with Crippen LogP contribution in [0.25, 0.3) is 0 Å². The number of nitrogens with one attached hydrogen (secondary N) is 2. The van der Waals surface area contributed by atoms with Crippen LogP contribution in [-0.4, -0.2) is 70.7 Å². The summed E-state index contributed by atoms with van der Waals surface area (Å²) in [6, 6.07) is 0. The average molecular weight is 336 g/mol. The lowest BCUT2D eigenvalue weighted by molar-refractivity contribution is -0.126. The SMILES string of the molecule is CCOCC(=O)NCCOCCOCC(F)CNC(=O)C(C)C. The average Bonchev–Trinajstić information content (AvgIpc) is 2.52. The van der Waals surface area contributed by atoms with Crippen molar-refractivity contribution in [1.82, 2.24) is 10.6 Å². The Morgan fingerprint density at radius 2 is 1.74 bits per heavy atom. The summed E-state index contributed by atoms with van der Waals surface area (Å²) in [5, 5.41) is 5.13. The number of hydrogen-bond acceptors (Lipinski definition) is 5. The van der Waals surface area contributed by atoms with E-state index in [1.807, 2.05) is 6.92 Å². The highest BCUT2D eigenvalue weighted by Gasteiger charge is 2.11. The van der Waals surface area contributed by atoms with E-state index in [9.17, 15) is 14.0 Å². The first-order valence-corrected chi connectivity index (χ1v) is 7.89. The lowest BCUT2D eigenvalue weighted by atomic mass is 10.2. The molecule has 0 bridgehead atoms. The fourth-order valence-corrected chi connectivity index (χ4v) is 1.41. The molecule has 0 aromatic heterocycles. The number of amides is 2. The molecular formula is C15H29FN2O5. The van der Waals surface area contributed by atoms with Crippen LogP contribution in [0.2, 0.25) is 0 Å². The summed E-state index contributed by atoms with van der Waals surface area (Å²) in [6.45, 7) is 7.02. The highest BCUT2D eigenvalue weighted by molar-refractivity contribution is 5.77. The van der Waals surface area contributed by atoms with Gasteiger partial charge in [-0.25, -0.2) is 4.39 Å². The molecule has 0 aliphatic heterocycles. The summed E-state index contributed by atoms with van der Waals surface area (Å²) in [5.41, 5.74) is 0. The van der Waals surface area contributed by atoms with Gasteiger partial charge in [-0.2, -0.15) is 0 Å². The molecule has 0 saturated carbocycles. The Morgan fingerprint density at radius 1 is 1.04 bits per heavy atom. The summed E-state index contributed by atoms with van der Waals surface area (Å²) in [5.74, 6) is -0.525. The maximum atomic E-state index is 13.4. The van der Waals surface area contributed by atoms with Gasteiger partial charge in [-0.1, -0.05) is 13.8 Å². The molecule has 0 spiro atoms. The Hall–Kier alpha value is -1.25. The molecule has 0 heterocycles. The van der Waals surface area contributed by atoms with E-state index in [4.69, 9.17) is 14.2 Å². The second-order valence-electron chi connectivity index (χ2n) is 5.17. The third kappa shape index (κ3) is 14.1. The van der Waals surface area contributed by atoms with Crippen LogP contribution in [-0.2, 0) is 23.8 Å². The highest BCUT2D eigenvalue weighted by Crippen LogP contribution is 1.94. The van der Waals surface area contributed by atoms with Crippen LogP contribution in [0.5, 0.6) is 0 Å². The Bertz CT molecular complexity index is 329. The minimum atomic E-state index is -1.24. The molecule has 0 aromatic rings. The Morgan fingerprint density at radius 3 is 2.39 bits per heavy atom. The van der Waals surface area contributed by atoms with Crippen molar-refractivity contribution in [3.8, 4) is 0 Å². The third-order valence-electron chi connectivity index (χ3n) is 2.70. The zero-order valence-corrected chi connectivity index (χ0v) is 14.2. The van der Waals surface area contributed by atoms with Crippen LogP contribution in [0.3, 0.4) is 0 Å². The number of hydrogen-bond donors (Lipinski definition) is 2. The monoisotopic (exact) mass is 336 g/mol. The molecule has 0 aliphatic carbocycles. The van der Waals surface area contributed by atoms with Gasteiger partial charge in [-0.3, -0.25) is 9.59 Å². The lowest BCUT2D eigenvalue weighted by Crippen LogP contribution is -2.35. The minimum Gasteiger partial charge on any atom is -0.377 e. The predicted molar refractivity (Wildman–Crippen MR) is 83.9 cm³/mol. The zero-order valence-electron chi connectivity index (χ0n) is 14.2. The van der Waals surface area contributed by atoms with Crippen LogP contribution in [0.15, 0.2) is 0 Å². The molecule has 0 radical (unpaired) electrons. The summed E-state index contributed by atoms with van der Waals surface area (Å²) in [6.07, 6.45) is -1.24. The van der Waals surface area contributed by atoms with E-state index in [2.05, 4.69) is 10.6 Å². The lowest BCUT2D eigenvalue weighted by Gasteiger charge is -2.12. The van der Waals surface area contributed by atoms with Gasteiger partial charge in [0.25, 0.3) is 0 Å². The smallest absolute Gasteiger partial charge is 0.246 e. The number of carbonyl (C=O) groups excluding carboxylic acids is 2. The molecule has 1 atom stereocenters. The molecular weight excluding hydrogens is 307 g/mol. The van der Waals surface area contributed by atoms with Crippen LogP contribution >= 0.6 is 0 Å². The van der Waals surface area contributed by atoms with Crippen molar-refractivity contribution < 1.29 is 28.2 Å². The van der Waals surface area contributed by atoms with Gasteiger partial charge in [0.15, 0.2) is 0 Å². The number of rotatable bonds is 14. The maximum absolute atomic E-state index is 13.4. The first kappa shape index (κ1) is 21.8. The van der Waals surface area contributed by atoms with E-state index < -0.39 is 6.17 Å². The van der Waals surface area contributed by atoms with Crippen molar-refractivity contribution in [2.75, 3.05) is 52.7 Å². The van der Waals surface area contributed by atoms with Crippen LogP contribution in [0, 0.1) is 5.92 Å². The second-order valence-corrected chi connectivity index (χ2v) is 5.17. The van der Waals surface area contributed by atoms with E-state index in [0.717, 1.165) is 0 Å². The molecule has 0 aliphatic rings. The first-order valence-electron chi connectivity index (χ1n) is 7.89. The maximum Gasteiger partial charge on any atom is 0.246 e. The summed E-state index contributed by atoms with van der Waals surface area (Å²) < 4.78 is 28.7. The highest BCUT2D eigenvalue weighted by atomic mass is 19.1.